The van der Waals surface area contributed by atoms with Crippen LogP contribution in [0.5, 0.6) is 0 Å². The molecular formula is C13H21NO3. The van der Waals surface area contributed by atoms with Crippen LogP contribution in [0.25, 0.3) is 0 Å². The monoisotopic (exact) mass is 239 g/mol. The number of carbonyl (C=O) groups excluding carboxylic acids is 1. The normalized spacial score (nSPS) is 36.3. The first kappa shape index (κ1) is 11.6. The summed E-state index contributed by atoms with van der Waals surface area (Å²) in [6.45, 7) is 4.65. The predicted octanol–water partition coefficient (Wildman–Crippen LogP) is 0.845. The lowest BCUT2D eigenvalue weighted by molar-refractivity contribution is -0.125. The van der Waals surface area contributed by atoms with E-state index in [1.54, 1.807) is 0 Å². The van der Waals surface area contributed by atoms with Gasteiger partial charge >= 0.3 is 0 Å². The summed E-state index contributed by atoms with van der Waals surface area (Å²) in [6, 6.07) is 0. The molecule has 3 unspecified atom stereocenters. The minimum atomic E-state index is 0.265. The van der Waals surface area contributed by atoms with E-state index in [0.29, 0.717) is 18.0 Å². The Morgan fingerprint density at radius 3 is 2.24 bits per heavy atom. The summed E-state index contributed by atoms with van der Waals surface area (Å²) in [6.07, 6.45) is 4.99. The van der Waals surface area contributed by atoms with Crippen LogP contribution in [0.15, 0.2) is 0 Å². The zero-order valence-electron chi connectivity index (χ0n) is 10.3. The molecule has 0 N–H and O–H groups in total. The summed E-state index contributed by atoms with van der Waals surface area (Å²) < 4.78 is 10.6. The highest BCUT2D eigenvalue weighted by Gasteiger charge is 2.33. The maximum absolute atomic E-state index is 11.8. The molecule has 2 heterocycles. The minimum absolute atomic E-state index is 0.265. The lowest BCUT2D eigenvalue weighted by atomic mass is 9.87. The SMILES string of the molecule is O=C1CCCCC1CN(CC1CO1)CC1CO1. The van der Waals surface area contributed by atoms with Crippen LogP contribution >= 0.6 is 0 Å². The molecule has 0 aromatic carbocycles. The molecule has 3 atom stereocenters. The topological polar surface area (TPSA) is 45.4 Å². The van der Waals surface area contributed by atoms with Crippen molar-refractivity contribution < 1.29 is 14.3 Å². The Morgan fingerprint density at radius 1 is 1.06 bits per heavy atom. The third kappa shape index (κ3) is 3.50. The second kappa shape index (κ2) is 5.04. The molecule has 4 nitrogen and oxygen atoms in total. The van der Waals surface area contributed by atoms with E-state index in [9.17, 15) is 4.79 Å². The van der Waals surface area contributed by atoms with E-state index in [2.05, 4.69) is 4.90 Å². The summed E-state index contributed by atoms with van der Waals surface area (Å²) in [5, 5.41) is 0. The van der Waals surface area contributed by atoms with Gasteiger partial charge in [0.2, 0.25) is 0 Å². The molecule has 96 valence electrons. The van der Waals surface area contributed by atoms with Crippen molar-refractivity contribution in [2.75, 3.05) is 32.8 Å². The van der Waals surface area contributed by atoms with Crippen molar-refractivity contribution in [2.45, 2.75) is 37.9 Å². The Morgan fingerprint density at radius 2 is 1.71 bits per heavy atom. The average molecular weight is 239 g/mol. The van der Waals surface area contributed by atoms with Gasteiger partial charge in [0.15, 0.2) is 0 Å². The number of carbonyl (C=O) groups is 1. The second-order valence-electron chi connectivity index (χ2n) is 5.54. The van der Waals surface area contributed by atoms with Crippen molar-refractivity contribution in [3.8, 4) is 0 Å². The minimum Gasteiger partial charge on any atom is -0.372 e. The molecule has 4 heteroatoms. The predicted molar refractivity (Wildman–Crippen MR) is 62.9 cm³/mol. The smallest absolute Gasteiger partial charge is 0.137 e. The third-order valence-electron chi connectivity index (χ3n) is 3.89. The number of ketones is 1. The largest absolute Gasteiger partial charge is 0.372 e. The molecule has 2 aliphatic heterocycles. The Labute approximate surface area is 102 Å². The molecule has 3 rings (SSSR count). The fourth-order valence-corrected chi connectivity index (χ4v) is 2.71. The highest BCUT2D eigenvalue weighted by molar-refractivity contribution is 5.81. The molecule has 0 bridgehead atoms. The van der Waals surface area contributed by atoms with Crippen molar-refractivity contribution >= 4 is 5.78 Å². The first-order valence-corrected chi connectivity index (χ1v) is 6.79. The van der Waals surface area contributed by atoms with Gasteiger partial charge in [0.1, 0.15) is 5.78 Å². The van der Waals surface area contributed by atoms with E-state index >= 15 is 0 Å². The summed E-state index contributed by atoms with van der Waals surface area (Å²) in [4.78, 5) is 14.2. The second-order valence-corrected chi connectivity index (χ2v) is 5.54. The number of rotatable bonds is 6. The lowest BCUT2D eigenvalue weighted by Gasteiger charge is -2.28. The maximum atomic E-state index is 11.8. The van der Waals surface area contributed by atoms with Crippen molar-refractivity contribution in [3.05, 3.63) is 0 Å². The molecule has 0 aromatic heterocycles. The van der Waals surface area contributed by atoms with Gasteiger partial charge < -0.3 is 9.47 Å². The van der Waals surface area contributed by atoms with E-state index in [0.717, 1.165) is 52.1 Å². The highest BCUT2D eigenvalue weighted by Crippen LogP contribution is 2.23. The van der Waals surface area contributed by atoms with Crippen LogP contribution in [-0.2, 0) is 14.3 Å². The molecule has 1 aliphatic carbocycles. The molecule has 0 radical (unpaired) electrons. The van der Waals surface area contributed by atoms with Gasteiger partial charge in [-0.1, -0.05) is 6.42 Å². The van der Waals surface area contributed by atoms with E-state index in [1.165, 1.54) is 6.42 Å². The molecule has 3 aliphatic rings. The van der Waals surface area contributed by atoms with E-state index < -0.39 is 0 Å². The van der Waals surface area contributed by atoms with Crippen molar-refractivity contribution in [1.29, 1.82) is 0 Å². The van der Waals surface area contributed by atoms with Gasteiger partial charge in [-0.25, -0.2) is 0 Å². The van der Waals surface area contributed by atoms with Crippen LogP contribution in [0.2, 0.25) is 0 Å². The van der Waals surface area contributed by atoms with Gasteiger partial charge in [-0.05, 0) is 12.8 Å². The van der Waals surface area contributed by atoms with Gasteiger partial charge in [-0.15, -0.1) is 0 Å². The molecule has 0 aromatic rings. The van der Waals surface area contributed by atoms with Crippen LogP contribution in [0.4, 0.5) is 0 Å². The Balaban J connectivity index is 1.51. The van der Waals surface area contributed by atoms with Crippen LogP contribution in [-0.4, -0.2) is 55.7 Å². The molecule has 0 amide bonds. The molecule has 17 heavy (non-hydrogen) atoms. The fraction of sp³-hybridized carbons (Fsp3) is 0.923. The maximum Gasteiger partial charge on any atom is 0.137 e. The Kier molecular flexibility index (Phi) is 3.45. The number of nitrogens with zero attached hydrogens (tertiary/aromatic N) is 1. The van der Waals surface area contributed by atoms with Crippen LogP contribution in [0.1, 0.15) is 25.7 Å². The van der Waals surface area contributed by atoms with E-state index in [1.807, 2.05) is 0 Å². The zero-order chi connectivity index (χ0) is 11.7. The van der Waals surface area contributed by atoms with Gasteiger partial charge in [0.25, 0.3) is 0 Å². The van der Waals surface area contributed by atoms with Crippen molar-refractivity contribution in [2.24, 2.45) is 5.92 Å². The molecule has 3 fully saturated rings. The summed E-state index contributed by atoms with van der Waals surface area (Å²) in [5.74, 6) is 0.732. The van der Waals surface area contributed by atoms with Crippen LogP contribution in [0, 0.1) is 5.92 Å². The third-order valence-corrected chi connectivity index (χ3v) is 3.89. The summed E-state index contributed by atoms with van der Waals surface area (Å²) in [5.41, 5.74) is 0. The van der Waals surface area contributed by atoms with Crippen LogP contribution in [0.3, 0.4) is 0 Å². The number of epoxide rings is 2. The Bertz CT molecular complexity index is 272. The van der Waals surface area contributed by atoms with Crippen molar-refractivity contribution in [1.82, 2.24) is 4.90 Å². The van der Waals surface area contributed by atoms with Crippen molar-refractivity contribution in [3.63, 3.8) is 0 Å². The first-order valence-electron chi connectivity index (χ1n) is 6.79. The number of hydrogen-bond donors (Lipinski definition) is 0. The standard InChI is InChI=1S/C13H21NO3/c15-13-4-2-1-3-10(13)5-14(6-11-8-16-11)7-12-9-17-12/h10-12H,1-9H2. The molecule has 2 saturated heterocycles. The van der Waals surface area contributed by atoms with Gasteiger partial charge in [0, 0.05) is 32.0 Å². The molecular weight excluding hydrogens is 218 g/mol. The van der Waals surface area contributed by atoms with Crippen LogP contribution < -0.4 is 0 Å². The first-order chi connectivity index (χ1) is 8.31. The summed E-state index contributed by atoms with van der Waals surface area (Å²) >= 11 is 0. The zero-order valence-corrected chi connectivity index (χ0v) is 10.3. The Hall–Kier alpha value is -0.450. The summed E-state index contributed by atoms with van der Waals surface area (Å²) in [7, 11) is 0. The number of Topliss-reactive ketones (excluding diaryl/α,β-unsaturated/α-hetero) is 1. The molecule has 1 saturated carbocycles. The number of ether oxygens (including phenoxy) is 2. The fourth-order valence-electron chi connectivity index (χ4n) is 2.71. The van der Waals surface area contributed by atoms with Gasteiger partial charge in [-0.2, -0.15) is 0 Å². The van der Waals surface area contributed by atoms with E-state index in [4.69, 9.17) is 9.47 Å². The highest BCUT2D eigenvalue weighted by atomic mass is 16.6. The van der Waals surface area contributed by atoms with Gasteiger partial charge in [0.05, 0.1) is 25.4 Å². The number of hydrogen-bond acceptors (Lipinski definition) is 4. The molecule has 0 spiro atoms. The average Bonchev–Trinajstić information content (AvgIpc) is 3.17. The quantitative estimate of drug-likeness (QED) is 0.645. The van der Waals surface area contributed by atoms with Gasteiger partial charge in [-0.3, -0.25) is 9.69 Å². The lowest BCUT2D eigenvalue weighted by Crippen LogP contribution is -2.39. The van der Waals surface area contributed by atoms with E-state index in [-0.39, 0.29) is 5.92 Å².